The smallest absolute Gasteiger partial charge is 0.324 e. The van der Waals surface area contributed by atoms with Crippen LogP contribution in [0.3, 0.4) is 0 Å². The largest absolute Gasteiger partial charge is 0.418 e. The van der Waals surface area contributed by atoms with Gasteiger partial charge >= 0.3 is 12.2 Å². The molecule has 0 saturated carbocycles. The number of nitrogens with one attached hydrogen (secondary N) is 1. The first kappa shape index (κ1) is 19.6. The lowest BCUT2D eigenvalue weighted by Crippen LogP contribution is -2.37. The van der Waals surface area contributed by atoms with E-state index >= 15 is 0 Å². The Morgan fingerprint density at radius 3 is 2.56 bits per heavy atom. The fraction of sp³-hybridized carbons (Fsp3) is 0.350. The zero-order chi connectivity index (χ0) is 19.4. The van der Waals surface area contributed by atoms with Crippen LogP contribution in [0, 0.1) is 6.92 Å². The molecule has 2 amide bonds. The molecule has 2 aromatic rings. The zero-order valence-electron chi connectivity index (χ0n) is 14.9. The number of thioether (sulfide) groups is 1. The minimum atomic E-state index is -4.51. The van der Waals surface area contributed by atoms with Gasteiger partial charge in [-0.05, 0) is 36.6 Å². The number of para-hydroxylation sites is 1. The van der Waals surface area contributed by atoms with Crippen LogP contribution >= 0.6 is 11.8 Å². The molecule has 7 heteroatoms. The van der Waals surface area contributed by atoms with E-state index in [1.165, 1.54) is 29.3 Å². The maximum atomic E-state index is 13.1. The number of carbonyl (C=O) groups is 1. The van der Waals surface area contributed by atoms with Crippen LogP contribution in [0.5, 0.6) is 0 Å². The standard InChI is InChI=1S/C20H21F3N2OS/c1-14-6-2-3-7-15(14)18-10-11-25(12-13-27-18)19(26)24-17-9-5-4-8-16(17)20(21,22)23/h2-9,18H,10-13H2,1H3,(H,24,26)/t18-/m0/s1. The lowest BCUT2D eigenvalue weighted by molar-refractivity contribution is -0.136. The van der Waals surface area contributed by atoms with Crippen molar-refractivity contribution in [1.29, 1.82) is 0 Å². The van der Waals surface area contributed by atoms with Crippen molar-refractivity contribution in [3.05, 3.63) is 65.2 Å². The number of carbonyl (C=O) groups excluding carboxylic acids is 1. The molecule has 0 unspecified atom stereocenters. The Labute approximate surface area is 160 Å². The maximum absolute atomic E-state index is 13.1. The molecule has 1 N–H and O–H groups in total. The Morgan fingerprint density at radius 1 is 1.11 bits per heavy atom. The Bertz CT molecular complexity index is 810. The summed E-state index contributed by atoms with van der Waals surface area (Å²) in [6.07, 6.45) is -3.74. The zero-order valence-corrected chi connectivity index (χ0v) is 15.7. The summed E-state index contributed by atoms with van der Waals surface area (Å²) in [6.45, 7) is 3.08. The van der Waals surface area contributed by atoms with E-state index in [0.29, 0.717) is 13.1 Å². The van der Waals surface area contributed by atoms with Crippen molar-refractivity contribution in [3.63, 3.8) is 0 Å². The summed E-state index contributed by atoms with van der Waals surface area (Å²) in [5, 5.41) is 2.72. The summed E-state index contributed by atoms with van der Waals surface area (Å²) in [6, 6.07) is 12.7. The van der Waals surface area contributed by atoms with Crippen LogP contribution in [0.2, 0.25) is 0 Å². The van der Waals surface area contributed by atoms with E-state index in [9.17, 15) is 18.0 Å². The molecule has 0 bridgehead atoms. The molecule has 2 aromatic carbocycles. The van der Waals surface area contributed by atoms with E-state index in [1.807, 2.05) is 12.1 Å². The van der Waals surface area contributed by atoms with Crippen molar-refractivity contribution in [2.75, 3.05) is 24.2 Å². The highest BCUT2D eigenvalue weighted by atomic mass is 32.2. The average Bonchev–Trinajstić information content (AvgIpc) is 2.88. The highest BCUT2D eigenvalue weighted by Gasteiger charge is 2.34. The molecule has 1 heterocycles. The number of nitrogens with zero attached hydrogens (tertiary/aromatic N) is 1. The van der Waals surface area contributed by atoms with E-state index in [0.717, 1.165) is 18.2 Å². The number of alkyl halides is 3. The van der Waals surface area contributed by atoms with Gasteiger partial charge < -0.3 is 10.2 Å². The molecular formula is C20H21F3N2OS. The molecule has 3 nitrogen and oxygen atoms in total. The number of amides is 2. The highest BCUT2D eigenvalue weighted by molar-refractivity contribution is 7.99. The van der Waals surface area contributed by atoms with Crippen LogP contribution in [0.1, 0.15) is 28.4 Å². The van der Waals surface area contributed by atoms with Gasteiger partial charge in [0.1, 0.15) is 0 Å². The molecular weight excluding hydrogens is 373 g/mol. The van der Waals surface area contributed by atoms with Gasteiger partial charge in [-0.2, -0.15) is 24.9 Å². The minimum absolute atomic E-state index is 0.206. The highest BCUT2D eigenvalue weighted by Crippen LogP contribution is 2.37. The van der Waals surface area contributed by atoms with Crippen molar-refractivity contribution >= 4 is 23.5 Å². The van der Waals surface area contributed by atoms with Crippen molar-refractivity contribution in [2.24, 2.45) is 0 Å². The molecule has 1 atom stereocenters. The number of anilines is 1. The van der Waals surface area contributed by atoms with Gasteiger partial charge in [0.25, 0.3) is 0 Å². The molecule has 0 spiro atoms. The van der Waals surface area contributed by atoms with E-state index < -0.39 is 17.8 Å². The van der Waals surface area contributed by atoms with Gasteiger partial charge in [0.05, 0.1) is 11.3 Å². The Balaban J connectivity index is 1.68. The second-order valence-corrected chi connectivity index (χ2v) is 7.78. The number of hydrogen-bond donors (Lipinski definition) is 1. The van der Waals surface area contributed by atoms with Crippen LogP contribution in [-0.4, -0.2) is 29.8 Å². The fourth-order valence-corrected chi connectivity index (χ4v) is 4.53. The molecule has 0 aliphatic carbocycles. The summed E-state index contributed by atoms with van der Waals surface area (Å²) in [4.78, 5) is 14.1. The Kier molecular flexibility index (Phi) is 5.99. The molecule has 27 heavy (non-hydrogen) atoms. The lowest BCUT2D eigenvalue weighted by Gasteiger charge is -2.22. The van der Waals surface area contributed by atoms with Crippen molar-refractivity contribution in [1.82, 2.24) is 4.90 Å². The van der Waals surface area contributed by atoms with Gasteiger partial charge in [-0.1, -0.05) is 36.4 Å². The van der Waals surface area contributed by atoms with Gasteiger partial charge in [-0.25, -0.2) is 4.79 Å². The summed E-state index contributed by atoms with van der Waals surface area (Å²) >= 11 is 1.78. The summed E-state index contributed by atoms with van der Waals surface area (Å²) in [5.74, 6) is 0.743. The van der Waals surface area contributed by atoms with Crippen LogP contribution in [0.25, 0.3) is 0 Å². The van der Waals surface area contributed by atoms with E-state index in [4.69, 9.17) is 0 Å². The van der Waals surface area contributed by atoms with E-state index in [-0.39, 0.29) is 10.9 Å². The van der Waals surface area contributed by atoms with Crippen LogP contribution < -0.4 is 5.32 Å². The van der Waals surface area contributed by atoms with Crippen LogP contribution in [0.15, 0.2) is 48.5 Å². The lowest BCUT2D eigenvalue weighted by atomic mass is 10.0. The topological polar surface area (TPSA) is 32.3 Å². The van der Waals surface area contributed by atoms with Gasteiger partial charge in [0, 0.05) is 24.1 Å². The minimum Gasteiger partial charge on any atom is -0.324 e. The van der Waals surface area contributed by atoms with Crippen LogP contribution in [-0.2, 0) is 6.18 Å². The summed E-state index contributed by atoms with van der Waals surface area (Å²) in [7, 11) is 0. The Hall–Kier alpha value is -2.15. The number of rotatable bonds is 2. The van der Waals surface area contributed by atoms with Gasteiger partial charge in [-0.3, -0.25) is 0 Å². The Morgan fingerprint density at radius 2 is 1.81 bits per heavy atom. The second-order valence-electron chi connectivity index (χ2n) is 6.47. The monoisotopic (exact) mass is 394 g/mol. The third kappa shape index (κ3) is 4.77. The van der Waals surface area contributed by atoms with Crippen molar-refractivity contribution in [2.45, 2.75) is 24.8 Å². The second kappa shape index (κ2) is 8.25. The van der Waals surface area contributed by atoms with Crippen molar-refractivity contribution < 1.29 is 18.0 Å². The molecule has 1 saturated heterocycles. The molecule has 1 aliphatic heterocycles. The first-order chi connectivity index (χ1) is 12.9. The third-order valence-corrected chi connectivity index (χ3v) is 5.95. The average molecular weight is 394 g/mol. The van der Waals surface area contributed by atoms with Crippen LogP contribution in [0.4, 0.5) is 23.7 Å². The van der Waals surface area contributed by atoms with E-state index in [2.05, 4.69) is 24.4 Å². The first-order valence-electron chi connectivity index (χ1n) is 8.75. The van der Waals surface area contributed by atoms with Gasteiger partial charge in [0.2, 0.25) is 0 Å². The fourth-order valence-electron chi connectivity index (χ4n) is 3.20. The first-order valence-corrected chi connectivity index (χ1v) is 9.80. The number of benzene rings is 2. The van der Waals surface area contributed by atoms with Crippen molar-refractivity contribution in [3.8, 4) is 0 Å². The third-order valence-electron chi connectivity index (χ3n) is 4.64. The predicted molar refractivity (Wildman–Crippen MR) is 103 cm³/mol. The maximum Gasteiger partial charge on any atom is 0.418 e. The quantitative estimate of drug-likeness (QED) is 0.706. The number of urea groups is 1. The van der Waals surface area contributed by atoms with Gasteiger partial charge in [0.15, 0.2) is 0 Å². The molecule has 144 valence electrons. The summed E-state index contributed by atoms with van der Waals surface area (Å²) in [5.41, 5.74) is 1.43. The predicted octanol–water partition coefficient (Wildman–Crippen LogP) is 5.73. The number of aryl methyl sites for hydroxylation is 1. The normalized spacial score (nSPS) is 18.1. The van der Waals surface area contributed by atoms with Gasteiger partial charge in [-0.15, -0.1) is 0 Å². The molecule has 1 aliphatic rings. The molecule has 1 fully saturated rings. The summed E-state index contributed by atoms with van der Waals surface area (Å²) < 4.78 is 39.3. The molecule has 3 rings (SSSR count). The number of hydrogen-bond acceptors (Lipinski definition) is 2. The molecule has 0 radical (unpaired) electrons. The molecule has 0 aromatic heterocycles. The van der Waals surface area contributed by atoms with E-state index in [1.54, 1.807) is 16.7 Å². The number of halogens is 3. The SMILES string of the molecule is Cc1ccccc1[C@@H]1CCN(C(=O)Nc2ccccc2C(F)(F)F)CCS1.